The number of para-hydroxylation sites is 1. The Morgan fingerprint density at radius 3 is 2.52 bits per heavy atom. The maximum atomic E-state index is 13.2. The molecule has 0 spiro atoms. The van der Waals surface area contributed by atoms with Crippen molar-refractivity contribution < 1.29 is 18.7 Å². The van der Waals surface area contributed by atoms with E-state index < -0.39 is 5.41 Å². The molecule has 0 unspecified atom stereocenters. The van der Waals surface area contributed by atoms with Crippen LogP contribution in [-0.2, 0) is 22.7 Å². The van der Waals surface area contributed by atoms with E-state index in [1.165, 1.54) is 6.26 Å². The van der Waals surface area contributed by atoms with Crippen LogP contribution in [0.15, 0.2) is 88.5 Å². The zero-order valence-corrected chi connectivity index (χ0v) is 29.2. The second-order valence-electron chi connectivity index (χ2n) is 12.2. The molecule has 5 aromatic rings. The molecule has 2 aromatic carbocycles. The quantitative estimate of drug-likeness (QED) is 0.118. The van der Waals surface area contributed by atoms with Gasteiger partial charge < -0.3 is 23.5 Å². The molecule has 0 fully saturated rings. The number of anilines is 2. The van der Waals surface area contributed by atoms with E-state index >= 15 is 0 Å². The highest BCUT2D eigenvalue weighted by molar-refractivity contribution is 6.20. The van der Waals surface area contributed by atoms with Crippen molar-refractivity contribution in [3.8, 4) is 5.75 Å². The highest BCUT2D eigenvalue weighted by atomic mass is 35.5. The first kappa shape index (κ1) is 36.5. The number of amides is 2. The number of halogens is 2. The molecule has 2 amide bonds. The molecule has 0 atom stereocenters. The van der Waals surface area contributed by atoms with Crippen LogP contribution in [0.2, 0.25) is 0 Å². The minimum Gasteiger partial charge on any atom is -0.493 e. The molecular formula is C36H41Cl2N5O5. The Kier molecular flexibility index (Phi) is 11.6. The first-order chi connectivity index (χ1) is 22.2. The third-order valence-corrected chi connectivity index (χ3v) is 8.80. The van der Waals surface area contributed by atoms with Gasteiger partial charge in [-0.25, -0.2) is 0 Å². The van der Waals surface area contributed by atoms with E-state index in [-0.39, 0.29) is 42.2 Å². The second-order valence-corrected chi connectivity index (χ2v) is 12.2. The van der Waals surface area contributed by atoms with Crippen molar-refractivity contribution in [2.45, 2.75) is 40.3 Å². The normalized spacial score (nSPS) is 14.1. The highest BCUT2D eigenvalue weighted by Crippen LogP contribution is 2.40. The molecule has 254 valence electrons. The van der Waals surface area contributed by atoms with Crippen molar-refractivity contribution in [1.82, 2.24) is 14.5 Å². The van der Waals surface area contributed by atoms with E-state index in [1.807, 2.05) is 67.8 Å². The summed E-state index contributed by atoms with van der Waals surface area (Å²) in [4.78, 5) is 49.5. The molecule has 1 aliphatic rings. The summed E-state index contributed by atoms with van der Waals surface area (Å²) in [6.45, 7) is 8.72. The van der Waals surface area contributed by atoms with Gasteiger partial charge in [0.1, 0.15) is 11.2 Å². The summed E-state index contributed by atoms with van der Waals surface area (Å²) in [7, 11) is 1.70. The molecule has 0 bridgehead atoms. The number of pyridine rings is 2. The monoisotopic (exact) mass is 693 g/mol. The lowest BCUT2D eigenvalue weighted by molar-refractivity contribution is -0.137. The zero-order valence-electron chi connectivity index (χ0n) is 27.5. The summed E-state index contributed by atoms with van der Waals surface area (Å²) in [5.41, 5.74) is 2.51. The average Bonchev–Trinajstić information content (AvgIpc) is 3.54. The highest BCUT2D eigenvalue weighted by Gasteiger charge is 2.45. The van der Waals surface area contributed by atoms with E-state index in [0.717, 1.165) is 34.8 Å². The van der Waals surface area contributed by atoms with Crippen LogP contribution in [0.5, 0.6) is 5.75 Å². The molecule has 0 N–H and O–H groups in total. The van der Waals surface area contributed by atoms with Crippen LogP contribution in [0.1, 0.15) is 32.8 Å². The summed E-state index contributed by atoms with van der Waals surface area (Å²) in [6, 6.07) is 19.4. The lowest BCUT2D eigenvalue weighted by Crippen LogP contribution is -2.47. The lowest BCUT2D eigenvalue weighted by atomic mass is 9.90. The summed E-state index contributed by atoms with van der Waals surface area (Å²) in [6.07, 6.45) is 5.92. The van der Waals surface area contributed by atoms with Crippen molar-refractivity contribution >= 4 is 69.9 Å². The average molecular weight is 695 g/mol. The molecule has 4 heterocycles. The molecule has 6 rings (SSSR count). The SMILES string of the molecule is CCN1C(=O)C(C)(C)C(=O)N(C)c2cc(OCCCN(CCn3ccc4ccoc4c3=O)Cc3ccnc4ccccc34)ccc21.Cl.Cl. The van der Waals surface area contributed by atoms with E-state index in [0.29, 0.717) is 55.5 Å². The molecule has 48 heavy (non-hydrogen) atoms. The van der Waals surface area contributed by atoms with Gasteiger partial charge in [-0.15, -0.1) is 24.8 Å². The number of hydrogen-bond donors (Lipinski definition) is 0. The van der Waals surface area contributed by atoms with Gasteiger partial charge in [0.05, 0.1) is 29.8 Å². The van der Waals surface area contributed by atoms with E-state index in [9.17, 15) is 14.4 Å². The van der Waals surface area contributed by atoms with E-state index in [2.05, 4.69) is 16.0 Å². The molecule has 12 heteroatoms. The van der Waals surface area contributed by atoms with Crippen LogP contribution >= 0.6 is 24.8 Å². The fraction of sp³-hybridized carbons (Fsp3) is 0.333. The van der Waals surface area contributed by atoms with Crippen LogP contribution in [-0.4, -0.2) is 59.6 Å². The standard InChI is InChI=1S/C36H39N5O5.2ClH/c1-5-41-30-12-11-27(23-31(30)38(4)34(43)36(2,3)35(41)44)45-21-8-17-39(24-26-13-16-37-29-10-7-6-9-28(26)29)19-20-40-18-14-25-15-22-46-32(25)33(40)42;;/h6-7,9-16,18,22-23H,5,8,17,19-21,24H2,1-4H3;2*1H. The Morgan fingerprint density at radius 1 is 0.938 bits per heavy atom. The first-order valence-electron chi connectivity index (χ1n) is 15.7. The predicted molar refractivity (Wildman–Crippen MR) is 194 cm³/mol. The summed E-state index contributed by atoms with van der Waals surface area (Å²) < 4.78 is 13.3. The first-order valence-corrected chi connectivity index (χ1v) is 15.7. The number of benzene rings is 2. The zero-order chi connectivity index (χ0) is 32.4. The molecule has 10 nitrogen and oxygen atoms in total. The Morgan fingerprint density at radius 2 is 1.73 bits per heavy atom. The van der Waals surface area contributed by atoms with Crippen LogP contribution in [0.3, 0.4) is 0 Å². The minimum atomic E-state index is -1.16. The third-order valence-electron chi connectivity index (χ3n) is 8.80. The van der Waals surface area contributed by atoms with Crippen LogP contribution < -0.4 is 20.1 Å². The van der Waals surface area contributed by atoms with E-state index in [4.69, 9.17) is 9.15 Å². The molecule has 0 saturated heterocycles. The van der Waals surface area contributed by atoms with Crippen molar-refractivity contribution in [2.24, 2.45) is 5.41 Å². The van der Waals surface area contributed by atoms with Crippen molar-refractivity contribution in [3.05, 3.63) is 95.2 Å². The molecule has 0 saturated carbocycles. The van der Waals surface area contributed by atoms with Crippen molar-refractivity contribution in [2.75, 3.05) is 43.1 Å². The number of hydrogen-bond acceptors (Lipinski definition) is 7. The molecule has 1 aliphatic heterocycles. The van der Waals surface area contributed by atoms with Gasteiger partial charge in [-0.2, -0.15) is 0 Å². The van der Waals surface area contributed by atoms with Crippen LogP contribution in [0.4, 0.5) is 11.4 Å². The molecule has 0 aliphatic carbocycles. The van der Waals surface area contributed by atoms with Gasteiger partial charge in [0.2, 0.25) is 11.8 Å². The minimum absolute atomic E-state index is 0. The number of carbonyl (C=O) groups is 2. The largest absolute Gasteiger partial charge is 0.493 e. The van der Waals surface area contributed by atoms with Gasteiger partial charge in [-0.05, 0) is 69.2 Å². The number of carbonyl (C=O) groups excluding carboxylic acids is 2. The number of aromatic nitrogens is 2. The van der Waals surface area contributed by atoms with Crippen molar-refractivity contribution in [1.29, 1.82) is 0 Å². The fourth-order valence-corrected chi connectivity index (χ4v) is 6.17. The maximum Gasteiger partial charge on any atom is 0.294 e. The molecular weight excluding hydrogens is 653 g/mol. The maximum absolute atomic E-state index is 13.2. The van der Waals surface area contributed by atoms with E-state index in [1.54, 1.807) is 41.3 Å². The van der Waals surface area contributed by atoms with Crippen LogP contribution in [0.25, 0.3) is 21.9 Å². The smallest absolute Gasteiger partial charge is 0.294 e. The Balaban J connectivity index is 0.00000260. The second kappa shape index (κ2) is 15.2. The number of nitrogens with zero attached hydrogens (tertiary/aromatic N) is 5. The lowest BCUT2D eigenvalue weighted by Gasteiger charge is -2.27. The third kappa shape index (κ3) is 7.06. The van der Waals surface area contributed by atoms with Crippen molar-refractivity contribution in [3.63, 3.8) is 0 Å². The van der Waals surface area contributed by atoms with Gasteiger partial charge in [0.25, 0.3) is 5.56 Å². The Labute approximate surface area is 292 Å². The Bertz CT molecular complexity index is 1970. The predicted octanol–water partition coefficient (Wildman–Crippen LogP) is 6.31. The molecule has 0 radical (unpaired) electrons. The fourth-order valence-electron chi connectivity index (χ4n) is 6.17. The Hall–Kier alpha value is -4.38. The number of furan rings is 1. The van der Waals surface area contributed by atoms with Gasteiger partial charge >= 0.3 is 0 Å². The van der Waals surface area contributed by atoms with Crippen LogP contribution in [0, 0.1) is 5.41 Å². The summed E-state index contributed by atoms with van der Waals surface area (Å²) in [5, 5.41) is 1.90. The molecule has 3 aromatic heterocycles. The van der Waals surface area contributed by atoms with Gasteiger partial charge in [-0.1, -0.05) is 18.2 Å². The topological polar surface area (TPSA) is 101 Å². The van der Waals surface area contributed by atoms with Gasteiger partial charge in [-0.3, -0.25) is 24.3 Å². The number of ether oxygens (including phenoxy) is 1. The summed E-state index contributed by atoms with van der Waals surface area (Å²) >= 11 is 0. The van der Waals surface area contributed by atoms with Gasteiger partial charge in [0, 0.05) is 69.0 Å². The van der Waals surface area contributed by atoms with Gasteiger partial charge in [0.15, 0.2) is 5.58 Å². The summed E-state index contributed by atoms with van der Waals surface area (Å²) in [5.74, 6) is 0.163. The number of rotatable bonds is 11. The number of fused-ring (bicyclic) bond motifs is 3.